The molecule has 1 heterocycles. The summed E-state index contributed by atoms with van der Waals surface area (Å²) in [5.41, 5.74) is 2.19. The minimum Gasteiger partial charge on any atom is -0.504 e. The van der Waals surface area contributed by atoms with Crippen LogP contribution in [0.4, 0.5) is 0 Å². The molecule has 4 rings (SSSR count). The Morgan fingerprint density at radius 1 is 1.19 bits per heavy atom. The molecule has 5 nitrogen and oxygen atoms in total. The van der Waals surface area contributed by atoms with Gasteiger partial charge in [0.25, 0.3) is 0 Å². The van der Waals surface area contributed by atoms with E-state index in [0.717, 1.165) is 37.8 Å². The molecule has 1 saturated heterocycles. The molecule has 1 aliphatic heterocycles. The van der Waals surface area contributed by atoms with Crippen LogP contribution in [0.15, 0.2) is 12.1 Å². The molecule has 1 aromatic rings. The number of hydrogen-bond acceptors (Lipinski definition) is 5. The Labute approximate surface area is 156 Å². The predicted molar refractivity (Wildman–Crippen MR) is 99.7 cm³/mol. The first-order chi connectivity index (χ1) is 12.4. The number of phenolic OH excluding ortho intramolecular Hbond substituents is 1. The number of nitrogens with zero attached hydrogens (tertiary/aromatic N) is 1. The maximum Gasteiger partial charge on any atom is 0.170 e. The molecule has 4 atom stereocenters. The molecule has 1 N–H and O–H groups in total. The molecule has 2 aliphatic carbocycles. The molecule has 2 bridgehead atoms. The third-order valence-electron chi connectivity index (χ3n) is 7.64. The summed E-state index contributed by atoms with van der Waals surface area (Å²) in [4.78, 5) is 2.51. The van der Waals surface area contributed by atoms with Crippen molar-refractivity contribution in [2.24, 2.45) is 11.8 Å². The van der Waals surface area contributed by atoms with Crippen LogP contribution in [0.5, 0.6) is 11.5 Å². The van der Waals surface area contributed by atoms with Crippen molar-refractivity contribution in [1.29, 1.82) is 0 Å². The van der Waals surface area contributed by atoms with Crippen LogP contribution < -0.4 is 4.74 Å². The topological polar surface area (TPSA) is 51.2 Å². The van der Waals surface area contributed by atoms with E-state index in [1.165, 1.54) is 5.56 Å². The molecule has 144 valence electrons. The third kappa shape index (κ3) is 2.20. The lowest BCUT2D eigenvalue weighted by Gasteiger charge is -2.62. The van der Waals surface area contributed by atoms with Gasteiger partial charge in [-0.2, -0.15) is 0 Å². The molecule has 5 heteroatoms. The van der Waals surface area contributed by atoms with Gasteiger partial charge in [-0.05, 0) is 50.4 Å². The van der Waals surface area contributed by atoms with E-state index < -0.39 is 5.79 Å². The van der Waals surface area contributed by atoms with Gasteiger partial charge in [0.2, 0.25) is 0 Å². The van der Waals surface area contributed by atoms with Crippen LogP contribution in [0, 0.1) is 11.8 Å². The highest BCUT2D eigenvalue weighted by Crippen LogP contribution is 2.62. The lowest BCUT2D eigenvalue weighted by atomic mass is 9.49. The van der Waals surface area contributed by atoms with Crippen LogP contribution in [0.3, 0.4) is 0 Å². The average Bonchev–Trinajstić information content (AvgIpc) is 2.64. The molecular formula is C21H31NO4. The lowest BCUT2D eigenvalue weighted by molar-refractivity contribution is -0.277. The molecule has 0 spiro atoms. The summed E-state index contributed by atoms with van der Waals surface area (Å²) in [5, 5.41) is 11.1. The number of piperidine rings is 1. The zero-order valence-corrected chi connectivity index (χ0v) is 16.5. The largest absolute Gasteiger partial charge is 0.504 e. The number of methoxy groups -OCH3 is 3. The van der Waals surface area contributed by atoms with E-state index in [1.807, 2.05) is 6.07 Å². The van der Waals surface area contributed by atoms with E-state index in [4.69, 9.17) is 14.2 Å². The summed E-state index contributed by atoms with van der Waals surface area (Å²) in [5.74, 6) is 1.06. The summed E-state index contributed by atoms with van der Waals surface area (Å²) in [7, 11) is 7.35. The number of ether oxygens (including phenoxy) is 3. The Bertz CT molecular complexity index is 701. The first kappa shape index (κ1) is 18.1. The molecular weight excluding hydrogens is 330 g/mol. The van der Waals surface area contributed by atoms with E-state index in [0.29, 0.717) is 29.4 Å². The zero-order chi connectivity index (χ0) is 18.7. The number of rotatable bonds is 3. The molecule has 2 fully saturated rings. The quantitative estimate of drug-likeness (QED) is 0.839. The second-order valence-corrected chi connectivity index (χ2v) is 8.45. The molecule has 26 heavy (non-hydrogen) atoms. The summed E-state index contributed by atoms with van der Waals surface area (Å²) in [6, 6.07) is 4.53. The van der Waals surface area contributed by atoms with Crippen LogP contribution in [0.2, 0.25) is 0 Å². The standard InChI is InChI=1S/C21H31NO4/c1-13-10-15-16-11-14-6-7-17(24-3)19(23)18(14)20(15,8-9-22(16)2)12-21(13,25-4)26-5/h6-7,13,15-16,23H,8-12H2,1-5H3/t13?,15?,16?,20-/m1/s1. The minimum atomic E-state index is -0.610. The van der Waals surface area contributed by atoms with E-state index in [2.05, 4.69) is 24.9 Å². The normalized spacial score (nSPS) is 35.5. The lowest BCUT2D eigenvalue weighted by Crippen LogP contribution is -2.65. The monoisotopic (exact) mass is 361 g/mol. The second kappa shape index (κ2) is 6.11. The van der Waals surface area contributed by atoms with Crippen LogP contribution >= 0.6 is 0 Å². The van der Waals surface area contributed by atoms with Crippen molar-refractivity contribution in [3.63, 3.8) is 0 Å². The van der Waals surface area contributed by atoms with E-state index in [-0.39, 0.29) is 5.41 Å². The number of likely N-dealkylation sites (tertiary alicyclic amines) is 1. The Kier molecular flexibility index (Phi) is 4.25. The SMILES string of the molecule is COc1ccc2c(c1O)[C@@]13CCN(C)C(C2)C1CC(C)C(OC)(OC)C3. The highest BCUT2D eigenvalue weighted by molar-refractivity contribution is 5.56. The highest BCUT2D eigenvalue weighted by atomic mass is 16.7. The minimum absolute atomic E-state index is 0.137. The van der Waals surface area contributed by atoms with Gasteiger partial charge >= 0.3 is 0 Å². The van der Waals surface area contributed by atoms with Crippen molar-refractivity contribution < 1.29 is 19.3 Å². The molecule has 1 saturated carbocycles. The van der Waals surface area contributed by atoms with Crippen molar-refractivity contribution in [3.05, 3.63) is 23.3 Å². The summed E-state index contributed by atoms with van der Waals surface area (Å²) < 4.78 is 17.4. The summed E-state index contributed by atoms with van der Waals surface area (Å²) in [6.07, 6.45) is 3.79. The molecule has 1 aromatic carbocycles. The predicted octanol–water partition coefficient (Wildman–Crippen LogP) is 2.93. The van der Waals surface area contributed by atoms with Gasteiger partial charge in [-0.25, -0.2) is 0 Å². The van der Waals surface area contributed by atoms with Gasteiger partial charge in [0.15, 0.2) is 17.3 Å². The average molecular weight is 361 g/mol. The Morgan fingerprint density at radius 3 is 2.58 bits per heavy atom. The van der Waals surface area contributed by atoms with Gasteiger partial charge in [0, 0.05) is 43.6 Å². The van der Waals surface area contributed by atoms with Crippen molar-refractivity contribution in [2.75, 3.05) is 34.9 Å². The second-order valence-electron chi connectivity index (χ2n) is 8.45. The third-order valence-corrected chi connectivity index (χ3v) is 7.64. The van der Waals surface area contributed by atoms with E-state index in [1.54, 1.807) is 21.3 Å². The van der Waals surface area contributed by atoms with Gasteiger partial charge in [0.05, 0.1) is 7.11 Å². The Morgan fingerprint density at radius 2 is 1.92 bits per heavy atom. The fraction of sp³-hybridized carbons (Fsp3) is 0.714. The summed E-state index contributed by atoms with van der Waals surface area (Å²) in [6.45, 7) is 3.26. The first-order valence-corrected chi connectivity index (χ1v) is 9.62. The van der Waals surface area contributed by atoms with Crippen LogP contribution in [0.25, 0.3) is 0 Å². The molecule has 0 radical (unpaired) electrons. The van der Waals surface area contributed by atoms with Crippen molar-refractivity contribution in [3.8, 4) is 11.5 Å². The van der Waals surface area contributed by atoms with Crippen molar-refractivity contribution >= 4 is 0 Å². The molecule has 3 unspecified atom stereocenters. The number of fused-ring (bicyclic) bond motifs is 1. The van der Waals surface area contributed by atoms with Gasteiger partial charge < -0.3 is 24.2 Å². The summed E-state index contributed by atoms with van der Waals surface area (Å²) >= 11 is 0. The Balaban J connectivity index is 1.93. The fourth-order valence-electron chi connectivity index (χ4n) is 6.24. The molecule has 3 aliphatic rings. The van der Waals surface area contributed by atoms with E-state index >= 15 is 0 Å². The smallest absolute Gasteiger partial charge is 0.170 e. The van der Waals surface area contributed by atoms with Crippen LogP contribution in [-0.2, 0) is 21.3 Å². The fourth-order valence-corrected chi connectivity index (χ4v) is 6.24. The zero-order valence-electron chi connectivity index (χ0n) is 16.5. The number of aromatic hydroxyl groups is 1. The first-order valence-electron chi connectivity index (χ1n) is 9.62. The highest BCUT2D eigenvalue weighted by Gasteiger charge is 2.62. The number of benzene rings is 1. The van der Waals surface area contributed by atoms with E-state index in [9.17, 15) is 5.11 Å². The number of hydrogen-bond donors (Lipinski definition) is 1. The maximum absolute atomic E-state index is 11.1. The number of likely N-dealkylation sites (N-methyl/N-ethyl adjacent to an activating group) is 1. The van der Waals surface area contributed by atoms with Gasteiger partial charge in [0.1, 0.15) is 0 Å². The number of phenols is 1. The van der Waals surface area contributed by atoms with Crippen molar-refractivity contribution in [2.45, 2.75) is 49.9 Å². The van der Waals surface area contributed by atoms with Gasteiger partial charge in [-0.15, -0.1) is 0 Å². The molecule has 0 amide bonds. The van der Waals surface area contributed by atoms with Gasteiger partial charge in [-0.1, -0.05) is 13.0 Å². The molecule has 0 aromatic heterocycles. The van der Waals surface area contributed by atoms with Crippen LogP contribution in [-0.4, -0.2) is 56.8 Å². The maximum atomic E-state index is 11.1. The van der Waals surface area contributed by atoms with Gasteiger partial charge in [-0.3, -0.25) is 0 Å². The van der Waals surface area contributed by atoms with Crippen LogP contribution in [0.1, 0.15) is 37.3 Å². The Hall–Kier alpha value is -1.30. The van der Waals surface area contributed by atoms with Crippen molar-refractivity contribution in [1.82, 2.24) is 4.90 Å².